The van der Waals surface area contributed by atoms with Crippen molar-refractivity contribution in [3.63, 3.8) is 0 Å². The molecule has 4 nitrogen and oxygen atoms in total. The van der Waals surface area contributed by atoms with Crippen molar-refractivity contribution < 1.29 is 9.59 Å². The Bertz CT molecular complexity index is 777. The molecule has 2 rings (SSSR count). The SMILES string of the molecule is CC(=O)NC(CC(=O)N(C)c1ccc(Br)cc1C)c1ccc(Cl)cc1. The van der Waals surface area contributed by atoms with Gasteiger partial charge >= 0.3 is 0 Å². The number of carbonyl (C=O) groups excluding carboxylic acids is 2. The standard InChI is InChI=1S/C19H20BrClN2O2/c1-12-10-15(20)6-9-18(12)23(3)19(25)11-17(22-13(2)24)14-4-7-16(21)8-5-14/h4-10,17H,11H2,1-3H3,(H,22,24). The van der Waals surface area contributed by atoms with E-state index in [9.17, 15) is 9.59 Å². The van der Waals surface area contributed by atoms with Gasteiger partial charge < -0.3 is 10.2 Å². The van der Waals surface area contributed by atoms with Crippen LogP contribution in [-0.4, -0.2) is 18.9 Å². The molecular weight excluding hydrogens is 404 g/mol. The lowest BCUT2D eigenvalue weighted by atomic mass is 10.0. The highest BCUT2D eigenvalue weighted by molar-refractivity contribution is 9.10. The summed E-state index contributed by atoms with van der Waals surface area (Å²) in [4.78, 5) is 25.9. The Kier molecular flexibility index (Phi) is 6.62. The van der Waals surface area contributed by atoms with Crippen LogP contribution in [0.4, 0.5) is 5.69 Å². The predicted octanol–water partition coefficient (Wildman–Crippen LogP) is 4.64. The molecule has 132 valence electrons. The van der Waals surface area contributed by atoms with E-state index in [0.717, 1.165) is 21.3 Å². The zero-order valence-corrected chi connectivity index (χ0v) is 16.7. The molecule has 0 heterocycles. The number of rotatable bonds is 5. The van der Waals surface area contributed by atoms with Crippen molar-refractivity contribution >= 4 is 45.0 Å². The average molecular weight is 424 g/mol. The minimum Gasteiger partial charge on any atom is -0.349 e. The first-order valence-corrected chi connectivity index (χ1v) is 9.00. The first kappa shape index (κ1) is 19.5. The Balaban J connectivity index is 2.20. The van der Waals surface area contributed by atoms with Gasteiger partial charge in [0.1, 0.15) is 0 Å². The molecule has 0 aliphatic carbocycles. The van der Waals surface area contributed by atoms with Gasteiger partial charge in [0.15, 0.2) is 0 Å². The van der Waals surface area contributed by atoms with Crippen LogP contribution < -0.4 is 10.2 Å². The zero-order valence-electron chi connectivity index (χ0n) is 14.3. The monoisotopic (exact) mass is 422 g/mol. The molecule has 25 heavy (non-hydrogen) atoms. The van der Waals surface area contributed by atoms with Crippen molar-refractivity contribution in [2.45, 2.75) is 26.3 Å². The summed E-state index contributed by atoms with van der Waals surface area (Å²) in [7, 11) is 1.74. The van der Waals surface area contributed by atoms with E-state index in [1.165, 1.54) is 6.92 Å². The van der Waals surface area contributed by atoms with E-state index in [1.54, 1.807) is 24.1 Å². The maximum atomic E-state index is 12.7. The van der Waals surface area contributed by atoms with Crippen molar-refractivity contribution in [1.82, 2.24) is 5.32 Å². The van der Waals surface area contributed by atoms with Crippen molar-refractivity contribution in [3.05, 3.63) is 63.1 Å². The largest absolute Gasteiger partial charge is 0.349 e. The van der Waals surface area contributed by atoms with Gasteiger partial charge in [-0.05, 0) is 48.4 Å². The van der Waals surface area contributed by atoms with E-state index >= 15 is 0 Å². The van der Waals surface area contributed by atoms with Gasteiger partial charge in [0.05, 0.1) is 12.5 Å². The number of hydrogen-bond donors (Lipinski definition) is 1. The van der Waals surface area contributed by atoms with Crippen LogP contribution in [0.15, 0.2) is 46.9 Å². The van der Waals surface area contributed by atoms with Crippen molar-refractivity contribution in [2.24, 2.45) is 0 Å². The maximum Gasteiger partial charge on any atom is 0.229 e. The average Bonchev–Trinajstić information content (AvgIpc) is 2.54. The molecule has 0 bridgehead atoms. The molecular formula is C19H20BrClN2O2. The topological polar surface area (TPSA) is 49.4 Å². The third-order valence-electron chi connectivity index (χ3n) is 3.92. The number of benzene rings is 2. The summed E-state index contributed by atoms with van der Waals surface area (Å²) >= 11 is 9.35. The fourth-order valence-corrected chi connectivity index (χ4v) is 3.24. The van der Waals surface area contributed by atoms with Crippen molar-refractivity contribution in [1.29, 1.82) is 0 Å². The summed E-state index contributed by atoms with van der Waals surface area (Å²) in [5.74, 6) is -0.269. The third-order valence-corrected chi connectivity index (χ3v) is 4.67. The van der Waals surface area contributed by atoms with E-state index in [0.29, 0.717) is 5.02 Å². The molecule has 0 radical (unpaired) electrons. The van der Waals surface area contributed by atoms with Gasteiger partial charge in [-0.3, -0.25) is 9.59 Å². The Morgan fingerprint density at radius 2 is 1.84 bits per heavy atom. The van der Waals surface area contributed by atoms with Crippen LogP contribution in [0.2, 0.25) is 5.02 Å². The normalized spacial score (nSPS) is 11.7. The highest BCUT2D eigenvalue weighted by Gasteiger charge is 2.21. The molecule has 2 aromatic carbocycles. The van der Waals surface area contributed by atoms with Gasteiger partial charge in [-0.2, -0.15) is 0 Å². The van der Waals surface area contributed by atoms with Crippen molar-refractivity contribution in [2.75, 3.05) is 11.9 Å². The van der Waals surface area contributed by atoms with Gasteiger partial charge in [0.2, 0.25) is 11.8 Å². The lowest BCUT2D eigenvalue weighted by molar-refractivity contribution is -0.121. The Morgan fingerprint density at radius 1 is 1.20 bits per heavy atom. The molecule has 6 heteroatoms. The minimum absolute atomic E-state index is 0.0841. The number of carbonyl (C=O) groups is 2. The second-order valence-corrected chi connectivity index (χ2v) is 7.24. The molecule has 0 saturated carbocycles. The summed E-state index contributed by atoms with van der Waals surface area (Å²) in [6, 6.07) is 12.5. The predicted molar refractivity (Wildman–Crippen MR) is 105 cm³/mol. The number of nitrogens with one attached hydrogen (secondary N) is 1. The van der Waals surface area contributed by atoms with Gasteiger partial charge in [-0.15, -0.1) is 0 Å². The molecule has 0 saturated heterocycles. The molecule has 2 aromatic rings. The maximum absolute atomic E-state index is 12.7. The van der Waals surface area contributed by atoms with Crippen LogP contribution in [0.3, 0.4) is 0 Å². The van der Waals surface area contributed by atoms with Gasteiger partial charge in [-0.25, -0.2) is 0 Å². The lowest BCUT2D eigenvalue weighted by Crippen LogP contribution is -2.34. The van der Waals surface area contributed by atoms with Gasteiger partial charge in [0, 0.05) is 29.2 Å². The van der Waals surface area contributed by atoms with Gasteiger partial charge in [0.25, 0.3) is 0 Å². The van der Waals surface area contributed by atoms with Crippen LogP contribution >= 0.6 is 27.5 Å². The fraction of sp³-hybridized carbons (Fsp3) is 0.263. The second kappa shape index (κ2) is 8.50. The highest BCUT2D eigenvalue weighted by Crippen LogP contribution is 2.26. The summed E-state index contributed by atoms with van der Waals surface area (Å²) in [5.41, 5.74) is 2.67. The molecule has 1 N–H and O–H groups in total. The molecule has 0 aliphatic heterocycles. The van der Waals surface area contributed by atoms with E-state index in [1.807, 2.05) is 37.3 Å². The van der Waals surface area contributed by atoms with Crippen LogP contribution in [0.5, 0.6) is 0 Å². The van der Waals surface area contributed by atoms with Crippen LogP contribution in [0, 0.1) is 6.92 Å². The number of amides is 2. The van der Waals surface area contributed by atoms with E-state index in [-0.39, 0.29) is 18.2 Å². The first-order valence-electron chi connectivity index (χ1n) is 7.83. The summed E-state index contributed by atoms with van der Waals surface area (Å²) < 4.78 is 0.965. The highest BCUT2D eigenvalue weighted by atomic mass is 79.9. The van der Waals surface area contributed by atoms with Gasteiger partial charge in [-0.1, -0.05) is 39.7 Å². The quantitative estimate of drug-likeness (QED) is 0.761. The minimum atomic E-state index is -0.402. The zero-order chi connectivity index (χ0) is 18.6. The molecule has 0 aromatic heterocycles. The Morgan fingerprint density at radius 3 is 2.40 bits per heavy atom. The molecule has 1 unspecified atom stereocenters. The number of halogens is 2. The molecule has 0 aliphatic rings. The van der Waals surface area contributed by atoms with Crippen LogP contribution in [0.25, 0.3) is 0 Å². The number of anilines is 1. The fourth-order valence-electron chi connectivity index (χ4n) is 2.63. The molecule has 0 fully saturated rings. The molecule has 1 atom stereocenters. The number of hydrogen-bond acceptors (Lipinski definition) is 2. The Labute approximate surface area is 161 Å². The molecule has 2 amide bonds. The molecule has 0 spiro atoms. The summed E-state index contributed by atoms with van der Waals surface area (Å²) in [5, 5.41) is 3.45. The van der Waals surface area contributed by atoms with Crippen LogP contribution in [0.1, 0.15) is 30.5 Å². The van der Waals surface area contributed by atoms with E-state index in [4.69, 9.17) is 11.6 Å². The van der Waals surface area contributed by atoms with Crippen LogP contribution in [-0.2, 0) is 9.59 Å². The number of aryl methyl sites for hydroxylation is 1. The summed E-state index contributed by atoms with van der Waals surface area (Å²) in [6.07, 6.45) is 0.160. The first-order chi connectivity index (χ1) is 11.8. The van der Waals surface area contributed by atoms with E-state index in [2.05, 4.69) is 21.2 Å². The second-order valence-electron chi connectivity index (χ2n) is 5.89. The lowest BCUT2D eigenvalue weighted by Gasteiger charge is -2.24. The summed E-state index contributed by atoms with van der Waals surface area (Å²) in [6.45, 7) is 3.39. The Hall–Kier alpha value is -1.85. The third kappa shape index (κ3) is 5.31. The number of nitrogens with zero attached hydrogens (tertiary/aromatic N) is 1. The smallest absolute Gasteiger partial charge is 0.229 e. The van der Waals surface area contributed by atoms with Crippen molar-refractivity contribution in [3.8, 4) is 0 Å². The van der Waals surface area contributed by atoms with E-state index < -0.39 is 6.04 Å².